The molecule has 3 rings (SSSR count). The minimum atomic E-state index is 0.135. The second-order valence-electron chi connectivity index (χ2n) is 7.43. The quantitative estimate of drug-likeness (QED) is 0.821. The van der Waals surface area contributed by atoms with Crippen molar-refractivity contribution in [1.82, 2.24) is 4.90 Å². The van der Waals surface area contributed by atoms with Gasteiger partial charge in [-0.2, -0.15) is 0 Å². The van der Waals surface area contributed by atoms with Crippen molar-refractivity contribution in [3.63, 3.8) is 0 Å². The predicted octanol–water partition coefficient (Wildman–Crippen LogP) is 4.55. The van der Waals surface area contributed by atoms with Crippen LogP contribution in [0.4, 0.5) is 5.69 Å². The van der Waals surface area contributed by atoms with Crippen molar-refractivity contribution in [1.29, 1.82) is 0 Å². The summed E-state index contributed by atoms with van der Waals surface area (Å²) in [5.74, 6) is 0.683. The molecule has 132 valence electrons. The molecular formula is C22H28N2O. The van der Waals surface area contributed by atoms with Crippen LogP contribution in [-0.2, 0) is 0 Å². The highest BCUT2D eigenvalue weighted by Gasteiger charge is 2.33. The third-order valence-electron chi connectivity index (χ3n) is 5.10. The summed E-state index contributed by atoms with van der Waals surface area (Å²) in [5.41, 5.74) is 3.38. The van der Waals surface area contributed by atoms with Crippen molar-refractivity contribution in [3.8, 4) is 0 Å². The molecule has 0 spiro atoms. The second-order valence-corrected chi connectivity index (χ2v) is 7.43. The third kappa shape index (κ3) is 3.71. The number of carbonyl (C=O) groups excluding carboxylic acids is 1. The summed E-state index contributed by atoms with van der Waals surface area (Å²) in [6.07, 6.45) is 0. The first-order valence-electron chi connectivity index (χ1n) is 9.20. The second kappa shape index (κ2) is 7.30. The maximum atomic E-state index is 12.9. The summed E-state index contributed by atoms with van der Waals surface area (Å²) in [7, 11) is 0. The molecule has 1 aliphatic rings. The van der Waals surface area contributed by atoms with E-state index in [9.17, 15) is 4.79 Å². The SMILES string of the molecule is CC(C)c1ccc(N2C[C@@H](C)N(C(=O)c3ccccc3)[C@H](C)C2)cc1. The van der Waals surface area contributed by atoms with Gasteiger partial charge in [-0.25, -0.2) is 0 Å². The van der Waals surface area contributed by atoms with Gasteiger partial charge in [-0.05, 0) is 49.6 Å². The standard InChI is InChI=1S/C22H28N2O/c1-16(2)19-10-12-21(13-11-19)23-14-17(3)24(18(4)15-23)22(25)20-8-6-5-7-9-20/h5-13,16-18H,14-15H2,1-4H3/t17-,18-/m1/s1. The van der Waals surface area contributed by atoms with Crippen molar-refractivity contribution in [3.05, 3.63) is 65.7 Å². The maximum absolute atomic E-state index is 12.9. The Labute approximate surface area is 151 Å². The summed E-state index contributed by atoms with van der Waals surface area (Å²) in [6, 6.07) is 18.8. The Balaban J connectivity index is 1.74. The zero-order chi connectivity index (χ0) is 18.0. The summed E-state index contributed by atoms with van der Waals surface area (Å²) >= 11 is 0. The van der Waals surface area contributed by atoms with Crippen molar-refractivity contribution >= 4 is 11.6 Å². The molecule has 0 N–H and O–H groups in total. The first kappa shape index (κ1) is 17.5. The van der Waals surface area contributed by atoms with Crippen molar-refractivity contribution in [2.45, 2.75) is 45.7 Å². The average molecular weight is 336 g/mol. The molecule has 2 aromatic carbocycles. The topological polar surface area (TPSA) is 23.6 Å². The van der Waals surface area contributed by atoms with Gasteiger partial charge in [0, 0.05) is 36.4 Å². The lowest BCUT2D eigenvalue weighted by atomic mass is 10.0. The fraction of sp³-hybridized carbons (Fsp3) is 0.409. The van der Waals surface area contributed by atoms with Gasteiger partial charge in [-0.1, -0.05) is 44.2 Å². The van der Waals surface area contributed by atoms with Crippen molar-refractivity contribution in [2.24, 2.45) is 0 Å². The van der Waals surface area contributed by atoms with Gasteiger partial charge in [-0.3, -0.25) is 4.79 Å². The van der Waals surface area contributed by atoms with E-state index in [1.165, 1.54) is 11.3 Å². The maximum Gasteiger partial charge on any atom is 0.254 e. The lowest BCUT2D eigenvalue weighted by Crippen LogP contribution is -2.58. The summed E-state index contributed by atoms with van der Waals surface area (Å²) in [5, 5.41) is 0. The van der Waals surface area contributed by atoms with Gasteiger partial charge in [0.15, 0.2) is 0 Å². The molecule has 0 saturated carbocycles. The zero-order valence-corrected chi connectivity index (χ0v) is 15.6. The Kier molecular flexibility index (Phi) is 5.12. The van der Waals surface area contributed by atoms with Gasteiger partial charge in [0.05, 0.1) is 0 Å². The molecule has 1 fully saturated rings. The number of hydrogen-bond acceptors (Lipinski definition) is 2. The fourth-order valence-electron chi connectivity index (χ4n) is 3.73. The van der Waals surface area contributed by atoms with E-state index in [-0.39, 0.29) is 18.0 Å². The molecule has 0 unspecified atom stereocenters. The van der Waals surface area contributed by atoms with Gasteiger partial charge in [-0.15, -0.1) is 0 Å². The highest BCUT2D eigenvalue weighted by Crippen LogP contribution is 2.25. The van der Waals surface area contributed by atoms with Crippen LogP contribution >= 0.6 is 0 Å². The van der Waals surface area contributed by atoms with Crippen LogP contribution in [0.25, 0.3) is 0 Å². The van der Waals surface area contributed by atoms with Gasteiger partial charge in [0.1, 0.15) is 0 Å². The third-order valence-corrected chi connectivity index (χ3v) is 5.10. The predicted molar refractivity (Wildman–Crippen MR) is 104 cm³/mol. The lowest BCUT2D eigenvalue weighted by molar-refractivity contribution is 0.0574. The average Bonchev–Trinajstić information content (AvgIpc) is 2.61. The van der Waals surface area contributed by atoms with E-state index < -0.39 is 0 Å². The molecule has 3 nitrogen and oxygen atoms in total. The molecule has 1 aliphatic heterocycles. The van der Waals surface area contributed by atoms with Crippen LogP contribution < -0.4 is 4.90 Å². The molecule has 25 heavy (non-hydrogen) atoms. The molecule has 0 bridgehead atoms. The van der Waals surface area contributed by atoms with E-state index in [4.69, 9.17) is 0 Å². The highest BCUT2D eigenvalue weighted by molar-refractivity contribution is 5.94. The number of hydrogen-bond donors (Lipinski definition) is 0. The van der Waals surface area contributed by atoms with Crippen LogP contribution in [0.1, 0.15) is 49.5 Å². The zero-order valence-electron chi connectivity index (χ0n) is 15.6. The molecular weight excluding hydrogens is 308 g/mol. The van der Waals surface area contributed by atoms with Crippen LogP contribution in [0.5, 0.6) is 0 Å². The van der Waals surface area contributed by atoms with E-state index >= 15 is 0 Å². The highest BCUT2D eigenvalue weighted by atomic mass is 16.2. The van der Waals surface area contributed by atoms with Crippen LogP contribution in [-0.4, -0.2) is 36.0 Å². The number of nitrogens with zero attached hydrogens (tertiary/aromatic N) is 2. The van der Waals surface area contributed by atoms with Gasteiger partial charge < -0.3 is 9.80 Å². The largest absolute Gasteiger partial charge is 0.367 e. The van der Waals surface area contributed by atoms with Crippen molar-refractivity contribution < 1.29 is 4.79 Å². The molecule has 2 atom stereocenters. The van der Waals surface area contributed by atoms with Gasteiger partial charge in [0.2, 0.25) is 0 Å². The number of carbonyl (C=O) groups is 1. The Morgan fingerprint density at radius 3 is 2.00 bits per heavy atom. The van der Waals surface area contributed by atoms with Crippen molar-refractivity contribution in [2.75, 3.05) is 18.0 Å². The molecule has 3 heteroatoms. The molecule has 1 heterocycles. The fourth-order valence-corrected chi connectivity index (χ4v) is 3.73. The first-order chi connectivity index (χ1) is 12.0. The monoisotopic (exact) mass is 336 g/mol. The molecule has 0 aliphatic carbocycles. The van der Waals surface area contributed by atoms with E-state index in [0.717, 1.165) is 18.7 Å². The number of rotatable bonds is 3. The summed E-state index contributed by atoms with van der Waals surface area (Å²) < 4.78 is 0. The molecule has 1 saturated heterocycles. The summed E-state index contributed by atoms with van der Waals surface area (Å²) in [6.45, 7) is 10.5. The van der Waals surface area contributed by atoms with Crippen LogP contribution in [0.3, 0.4) is 0 Å². The molecule has 0 radical (unpaired) electrons. The van der Waals surface area contributed by atoms with Gasteiger partial charge >= 0.3 is 0 Å². The first-order valence-corrected chi connectivity index (χ1v) is 9.20. The molecule has 1 amide bonds. The number of piperazine rings is 1. The van der Waals surface area contributed by atoms with Crippen LogP contribution in [0.2, 0.25) is 0 Å². The normalized spacial score (nSPS) is 20.8. The minimum absolute atomic E-state index is 0.135. The smallest absolute Gasteiger partial charge is 0.254 e. The Hall–Kier alpha value is -2.29. The van der Waals surface area contributed by atoms with E-state index in [1.807, 2.05) is 35.2 Å². The number of amides is 1. The van der Waals surface area contributed by atoms with Crippen LogP contribution in [0.15, 0.2) is 54.6 Å². The Morgan fingerprint density at radius 2 is 1.48 bits per heavy atom. The molecule has 0 aromatic heterocycles. The molecule has 2 aromatic rings. The lowest BCUT2D eigenvalue weighted by Gasteiger charge is -2.45. The Bertz CT molecular complexity index is 697. The van der Waals surface area contributed by atoms with E-state index in [2.05, 4.69) is 56.9 Å². The number of anilines is 1. The van der Waals surface area contributed by atoms with Crippen LogP contribution in [0, 0.1) is 0 Å². The van der Waals surface area contributed by atoms with Gasteiger partial charge in [0.25, 0.3) is 5.91 Å². The summed E-state index contributed by atoms with van der Waals surface area (Å²) in [4.78, 5) is 17.3. The van der Waals surface area contributed by atoms with E-state index in [0.29, 0.717) is 5.92 Å². The number of benzene rings is 2. The van der Waals surface area contributed by atoms with E-state index in [1.54, 1.807) is 0 Å². The Morgan fingerprint density at radius 1 is 0.920 bits per heavy atom. The minimum Gasteiger partial charge on any atom is -0.367 e.